The van der Waals surface area contributed by atoms with E-state index in [1.807, 2.05) is 60.7 Å². The molecular formula is C31H33FN2O2. The zero-order valence-corrected chi connectivity index (χ0v) is 20.5. The van der Waals surface area contributed by atoms with E-state index in [1.165, 1.54) is 30.5 Å². The lowest BCUT2D eigenvalue weighted by molar-refractivity contribution is -0.141. The number of hydrogen-bond donors (Lipinski definition) is 1. The van der Waals surface area contributed by atoms with E-state index in [1.54, 1.807) is 17.0 Å². The van der Waals surface area contributed by atoms with Gasteiger partial charge in [-0.1, -0.05) is 84.4 Å². The number of nitrogens with zero attached hydrogens (tertiary/aromatic N) is 1. The number of allylic oxidation sites excluding steroid dienone is 1. The molecular weight excluding hydrogens is 451 g/mol. The van der Waals surface area contributed by atoms with Gasteiger partial charge in [-0.2, -0.15) is 0 Å². The Morgan fingerprint density at radius 3 is 2.22 bits per heavy atom. The van der Waals surface area contributed by atoms with E-state index in [2.05, 4.69) is 11.4 Å². The van der Waals surface area contributed by atoms with Crippen molar-refractivity contribution in [2.45, 2.75) is 51.1 Å². The molecule has 3 aromatic carbocycles. The number of benzene rings is 3. The molecule has 0 radical (unpaired) electrons. The SMILES string of the molecule is O=C(NCCC1=CCCCC1)[C@H](c1ccccc1)N(Cc1ccc(F)cc1)C(=O)Cc1ccccc1. The van der Waals surface area contributed by atoms with Crippen LogP contribution in [0.25, 0.3) is 0 Å². The summed E-state index contributed by atoms with van der Waals surface area (Å²) in [6, 6.07) is 24.2. The first-order valence-corrected chi connectivity index (χ1v) is 12.7. The quantitative estimate of drug-likeness (QED) is 0.351. The van der Waals surface area contributed by atoms with Crippen LogP contribution in [-0.2, 0) is 22.6 Å². The highest BCUT2D eigenvalue weighted by atomic mass is 19.1. The molecule has 4 rings (SSSR count). The van der Waals surface area contributed by atoms with Crippen LogP contribution in [0.2, 0.25) is 0 Å². The molecule has 36 heavy (non-hydrogen) atoms. The lowest BCUT2D eigenvalue weighted by Gasteiger charge is -2.32. The van der Waals surface area contributed by atoms with Gasteiger partial charge in [0.25, 0.3) is 0 Å². The van der Waals surface area contributed by atoms with Crippen LogP contribution in [0, 0.1) is 5.82 Å². The van der Waals surface area contributed by atoms with Gasteiger partial charge in [-0.3, -0.25) is 9.59 Å². The number of rotatable bonds is 10. The minimum atomic E-state index is -0.798. The summed E-state index contributed by atoms with van der Waals surface area (Å²) in [4.78, 5) is 28.9. The molecule has 0 aromatic heterocycles. The molecule has 0 fully saturated rings. The van der Waals surface area contributed by atoms with Crippen LogP contribution in [0.4, 0.5) is 4.39 Å². The maximum absolute atomic E-state index is 13.7. The molecule has 186 valence electrons. The van der Waals surface area contributed by atoms with E-state index in [4.69, 9.17) is 0 Å². The standard InChI is InChI=1S/C31H33FN2O2/c32-28-18-16-26(17-19-28)23-34(29(35)22-25-12-6-2-7-13-25)30(27-14-8-3-9-15-27)31(36)33-21-20-24-10-4-1-5-11-24/h2-3,6-10,12-19,30H,1,4-5,11,20-23H2,(H,33,36)/t30-/m0/s1. The molecule has 1 aliphatic rings. The summed E-state index contributed by atoms with van der Waals surface area (Å²) < 4.78 is 13.6. The van der Waals surface area contributed by atoms with E-state index in [-0.39, 0.29) is 30.6 Å². The van der Waals surface area contributed by atoms with Gasteiger partial charge in [-0.25, -0.2) is 4.39 Å². The highest BCUT2D eigenvalue weighted by molar-refractivity contribution is 5.89. The van der Waals surface area contributed by atoms with Gasteiger partial charge in [0.1, 0.15) is 11.9 Å². The summed E-state index contributed by atoms with van der Waals surface area (Å²) >= 11 is 0. The minimum absolute atomic E-state index is 0.162. The fraction of sp³-hybridized carbons (Fsp3) is 0.290. The molecule has 0 spiro atoms. The van der Waals surface area contributed by atoms with Crippen LogP contribution in [0.5, 0.6) is 0 Å². The first-order chi connectivity index (χ1) is 17.6. The van der Waals surface area contributed by atoms with Gasteiger partial charge < -0.3 is 10.2 Å². The van der Waals surface area contributed by atoms with Gasteiger partial charge in [-0.05, 0) is 60.9 Å². The summed E-state index contributed by atoms with van der Waals surface area (Å²) in [5, 5.41) is 3.09. The van der Waals surface area contributed by atoms with Crippen molar-refractivity contribution in [1.82, 2.24) is 10.2 Å². The fourth-order valence-electron chi connectivity index (χ4n) is 4.66. The first-order valence-electron chi connectivity index (χ1n) is 12.7. The van der Waals surface area contributed by atoms with E-state index in [0.29, 0.717) is 6.54 Å². The number of halogens is 1. The van der Waals surface area contributed by atoms with Crippen molar-refractivity contribution in [3.8, 4) is 0 Å². The molecule has 0 bridgehead atoms. The summed E-state index contributed by atoms with van der Waals surface area (Å²) in [7, 11) is 0. The Labute approximate surface area is 212 Å². The van der Waals surface area contributed by atoms with Crippen LogP contribution in [0.15, 0.2) is 96.6 Å². The van der Waals surface area contributed by atoms with Crippen LogP contribution in [0.1, 0.15) is 54.8 Å². The summed E-state index contributed by atoms with van der Waals surface area (Å²) in [5.41, 5.74) is 3.78. The molecule has 0 saturated carbocycles. The minimum Gasteiger partial charge on any atom is -0.354 e. The normalized spacial score (nSPS) is 14.0. The van der Waals surface area contributed by atoms with Gasteiger partial charge in [0.2, 0.25) is 11.8 Å². The van der Waals surface area contributed by atoms with Crippen molar-refractivity contribution < 1.29 is 14.0 Å². The second-order valence-corrected chi connectivity index (χ2v) is 9.27. The predicted molar refractivity (Wildman–Crippen MR) is 140 cm³/mol. The van der Waals surface area contributed by atoms with Crippen molar-refractivity contribution >= 4 is 11.8 Å². The molecule has 0 heterocycles. The number of amides is 2. The summed E-state index contributed by atoms with van der Waals surface area (Å²) in [6.07, 6.45) is 7.91. The molecule has 1 atom stereocenters. The maximum atomic E-state index is 13.7. The van der Waals surface area contributed by atoms with Gasteiger partial charge in [0.05, 0.1) is 6.42 Å². The van der Waals surface area contributed by atoms with Gasteiger partial charge >= 0.3 is 0 Å². The molecule has 1 N–H and O–H groups in total. The Morgan fingerprint density at radius 2 is 1.56 bits per heavy atom. The molecule has 1 aliphatic carbocycles. The Balaban J connectivity index is 1.60. The number of carbonyl (C=O) groups is 2. The number of nitrogens with one attached hydrogen (secondary N) is 1. The summed E-state index contributed by atoms with van der Waals surface area (Å²) in [6.45, 7) is 0.731. The Kier molecular flexibility index (Phi) is 9.03. The second kappa shape index (κ2) is 12.8. The van der Waals surface area contributed by atoms with Crippen LogP contribution in [0.3, 0.4) is 0 Å². The van der Waals surface area contributed by atoms with Crippen molar-refractivity contribution in [1.29, 1.82) is 0 Å². The monoisotopic (exact) mass is 484 g/mol. The van der Waals surface area contributed by atoms with E-state index >= 15 is 0 Å². The molecule has 0 saturated heterocycles. The average Bonchev–Trinajstić information content (AvgIpc) is 2.91. The van der Waals surface area contributed by atoms with Gasteiger partial charge in [0, 0.05) is 13.1 Å². The van der Waals surface area contributed by atoms with E-state index in [0.717, 1.165) is 36.0 Å². The number of hydrogen-bond acceptors (Lipinski definition) is 2. The average molecular weight is 485 g/mol. The highest BCUT2D eigenvalue weighted by Gasteiger charge is 2.31. The fourth-order valence-corrected chi connectivity index (χ4v) is 4.66. The smallest absolute Gasteiger partial charge is 0.247 e. The zero-order chi connectivity index (χ0) is 25.2. The highest BCUT2D eigenvalue weighted by Crippen LogP contribution is 2.26. The lowest BCUT2D eigenvalue weighted by atomic mass is 9.97. The van der Waals surface area contributed by atoms with Gasteiger partial charge in [-0.15, -0.1) is 0 Å². The topological polar surface area (TPSA) is 49.4 Å². The molecule has 4 nitrogen and oxygen atoms in total. The van der Waals surface area contributed by atoms with Crippen LogP contribution in [-0.4, -0.2) is 23.3 Å². The summed E-state index contributed by atoms with van der Waals surface area (Å²) in [5.74, 6) is -0.707. The molecule has 3 aromatic rings. The Bertz CT molecular complexity index is 1160. The predicted octanol–water partition coefficient (Wildman–Crippen LogP) is 6.15. The Hall–Kier alpha value is -3.73. The Morgan fingerprint density at radius 1 is 0.861 bits per heavy atom. The molecule has 0 aliphatic heterocycles. The van der Waals surface area contributed by atoms with Crippen molar-refractivity contribution in [2.24, 2.45) is 0 Å². The maximum Gasteiger partial charge on any atom is 0.247 e. The molecule has 2 amide bonds. The molecule has 5 heteroatoms. The van der Waals surface area contributed by atoms with Crippen molar-refractivity contribution in [3.63, 3.8) is 0 Å². The second-order valence-electron chi connectivity index (χ2n) is 9.27. The molecule has 0 unspecified atom stereocenters. The van der Waals surface area contributed by atoms with Gasteiger partial charge in [0.15, 0.2) is 0 Å². The van der Waals surface area contributed by atoms with E-state index in [9.17, 15) is 14.0 Å². The van der Waals surface area contributed by atoms with Crippen molar-refractivity contribution in [2.75, 3.05) is 6.54 Å². The van der Waals surface area contributed by atoms with Crippen molar-refractivity contribution in [3.05, 3.63) is 119 Å². The first kappa shape index (κ1) is 25.4. The lowest BCUT2D eigenvalue weighted by Crippen LogP contribution is -2.44. The third kappa shape index (κ3) is 7.14. The van der Waals surface area contributed by atoms with E-state index < -0.39 is 6.04 Å². The third-order valence-electron chi connectivity index (χ3n) is 6.59. The number of carbonyl (C=O) groups excluding carboxylic acids is 2. The van der Waals surface area contributed by atoms with Crippen LogP contribution < -0.4 is 5.32 Å². The van der Waals surface area contributed by atoms with Crippen LogP contribution >= 0.6 is 0 Å². The zero-order valence-electron chi connectivity index (χ0n) is 20.5. The third-order valence-corrected chi connectivity index (χ3v) is 6.59. The largest absolute Gasteiger partial charge is 0.354 e.